The highest BCUT2D eigenvalue weighted by Crippen LogP contribution is 2.26. The fourth-order valence-corrected chi connectivity index (χ4v) is 2.71. The lowest BCUT2D eigenvalue weighted by Crippen LogP contribution is -2.08. The van der Waals surface area contributed by atoms with Crippen LogP contribution in [0.4, 0.5) is 5.82 Å². The third-order valence-electron chi connectivity index (χ3n) is 3.41. The van der Waals surface area contributed by atoms with E-state index < -0.39 is 10.0 Å². The summed E-state index contributed by atoms with van der Waals surface area (Å²) in [6.45, 7) is 3.28. The van der Waals surface area contributed by atoms with Gasteiger partial charge in [-0.1, -0.05) is 24.8 Å². The fourth-order valence-electron chi connectivity index (χ4n) is 2.24. The van der Waals surface area contributed by atoms with Crippen molar-refractivity contribution < 1.29 is 13.2 Å². The molecule has 0 radical (unpaired) electrons. The molecule has 0 amide bonds. The molecule has 25 heavy (non-hydrogen) atoms. The summed E-state index contributed by atoms with van der Waals surface area (Å²) in [5.74, 6) is 1.21. The molecule has 7 nitrogen and oxygen atoms in total. The molecule has 3 aromatic rings. The van der Waals surface area contributed by atoms with Crippen LogP contribution in [0.5, 0.6) is 5.88 Å². The molecule has 0 fully saturated rings. The Morgan fingerprint density at radius 2 is 1.96 bits per heavy atom. The minimum Gasteiger partial charge on any atom is -0.481 e. The SMILES string of the molecule is C=CS(=O)(=O)Nc1cn(-c2ccccc2)c(-c2ccc(OC)nc2)n1. The van der Waals surface area contributed by atoms with E-state index in [1.165, 1.54) is 7.11 Å². The second kappa shape index (κ2) is 6.78. The summed E-state index contributed by atoms with van der Waals surface area (Å²) >= 11 is 0. The Morgan fingerprint density at radius 3 is 2.56 bits per heavy atom. The number of methoxy groups -OCH3 is 1. The van der Waals surface area contributed by atoms with Gasteiger partial charge in [0.2, 0.25) is 5.88 Å². The molecule has 0 saturated heterocycles. The summed E-state index contributed by atoms with van der Waals surface area (Å²) in [6, 6.07) is 13.0. The van der Waals surface area contributed by atoms with Crippen LogP contribution in [-0.2, 0) is 10.0 Å². The van der Waals surface area contributed by atoms with Gasteiger partial charge in [-0.25, -0.2) is 18.4 Å². The number of ether oxygens (including phenoxy) is 1. The summed E-state index contributed by atoms with van der Waals surface area (Å²) in [5.41, 5.74) is 1.55. The van der Waals surface area contributed by atoms with Crippen molar-refractivity contribution in [3.05, 3.63) is 66.8 Å². The third kappa shape index (κ3) is 3.69. The van der Waals surface area contributed by atoms with Crippen LogP contribution in [-0.4, -0.2) is 30.1 Å². The Hall–Kier alpha value is -3.13. The molecule has 0 unspecified atom stereocenters. The van der Waals surface area contributed by atoms with E-state index in [1.54, 1.807) is 29.1 Å². The van der Waals surface area contributed by atoms with Gasteiger partial charge in [0, 0.05) is 28.9 Å². The number of imidazole rings is 1. The molecule has 0 spiro atoms. The number of hydrogen-bond donors (Lipinski definition) is 1. The maximum atomic E-state index is 11.7. The van der Waals surface area contributed by atoms with Gasteiger partial charge in [-0.05, 0) is 18.2 Å². The van der Waals surface area contributed by atoms with Crippen molar-refractivity contribution in [2.45, 2.75) is 0 Å². The van der Waals surface area contributed by atoms with Gasteiger partial charge in [-0.15, -0.1) is 0 Å². The van der Waals surface area contributed by atoms with Crippen LogP contribution in [0.1, 0.15) is 0 Å². The molecule has 2 aromatic heterocycles. The number of sulfonamides is 1. The van der Waals surface area contributed by atoms with Crippen molar-refractivity contribution >= 4 is 15.8 Å². The lowest BCUT2D eigenvalue weighted by atomic mass is 10.2. The van der Waals surface area contributed by atoms with Crippen molar-refractivity contribution in [1.82, 2.24) is 14.5 Å². The van der Waals surface area contributed by atoms with Crippen molar-refractivity contribution in [2.24, 2.45) is 0 Å². The molecule has 0 atom stereocenters. The van der Waals surface area contributed by atoms with E-state index >= 15 is 0 Å². The Kier molecular flexibility index (Phi) is 4.53. The first kappa shape index (κ1) is 16.7. The lowest BCUT2D eigenvalue weighted by molar-refractivity contribution is 0.398. The topological polar surface area (TPSA) is 86.1 Å². The van der Waals surface area contributed by atoms with Gasteiger partial charge >= 0.3 is 0 Å². The van der Waals surface area contributed by atoms with Crippen molar-refractivity contribution in [2.75, 3.05) is 11.8 Å². The van der Waals surface area contributed by atoms with Gasteiger partial charge in [-0.2, -0.15) is 0 Å². The summed E-state index contributed by atoms with van der Waals surface area (Å²) in [7, 11) is -2.11. The molecule has 1 aromatic carbocycles. The Morgan fingerprint density at radius 1 is 1.20 bits per heavy atom. The van der Waals surface area contributed by atoms with Crippen LogP contribution in [0.15, 0.2) is 66.8 Å². The van der Waals surface area contributed by atoms with Crippen LogP contribution in [0, 0.1) is 0 Å². The zero-order valence-corrected chi connectivity index (χ0v) is 14.3. The van der Waals surface area contributed by atoms with E-state index in [0.717, 1.165) is 11.1 Å². The first-order valence-corrected chi connectivity index (χ1v) is 8.87. The first-order chi connectivity index (χ1) is 12.0. The zero-order chi connectivity index (χ0) is 17.9. The summed E-state index contributed by atoms with van der Waals surface area (Å²) in [6.07, 6.45) is 3.22. The maximum Gasteiger partial charge on any atom is 0.255 e. The number of anilines is 1. The maximum absolute atomic E-state index is 11.7. The molecular weight excluding hydrogens is 340 g/mol. The third-order valence-corrected chi connectivity index (χ3v) is 4.34. The zero-order valence-electron chi connectivity index (χ0n) is 13.5. The van der Waals surface area contributed by atoms with Crippen LogP contribution in [0.2, 0.25) is 0 Å². The molecule has 128 valence electrons. The average molecular weight is 356 g/mol. The average Bonchev–Trinajstić information content (AvgIpc) is 3.05. The Labute approximate surface area is 145 Å². The smallest absolute Gasteiger partial charge is 0.255 e. The van der Waals surface area contributed by atoms with E-state index in [-0.39, 0.29) is 5.82 Å². The van der Waals surface area contributed by atoms with Crippen molar-refractivity contribution in [3.8, 4) is 23.0 Å². The van der Waals surface area contributed by atoms with Gasteiger partial charge in [0.25, 0.3) is 10.0 Å². The molecule has 1 N–H and O–H groups in total. The number of benzene rings is 1. The summed E-state index contributed by atoms with van der Waals surface area (Å²) in [4.78, 5) is 8.57. The highest BCUT2D eigenvalue weighted by atomic mass is 32.2. The van der Waals surface area contributed by atoms with E-state index in [0.29, 0.717) is 17.3 Å². The summed E-state index contributed by atoms with van der Waals surface area (Å²) < 4.78 is 32.7. The second-order valence-corrected chi connectivity index (χ2v) is 6.69. The van der Waals surface area contributed by atoms with Crippen LogP contribution >= 0.6 is 0 Å². The molecule has 0 aliphatic carbocycles. The van der Waals surface area contributed by atoms with Crippen LogP contribution in [0.3, 0.4) is 0 Å². The molecule has 2 heterocycles. The molecule has 3 rings (SSSR count). The van der Waals surface area contributed by atoms with E-state index in [4.69, 9.17) is 4.74 Å². The fraction of sp³-hybridized carbons (Fsp3) is 0.0588. The molecule has 8 heteroatoms. The number of para-hydroxylation sites is 1. The largest absolute Gasteiger partial charge is 0.481 e. The molecule has 0 aliphatic heterocycles. The van der Waals surface area contributed by atoms with E-state index in [9.17, 15) is 8.42 Å². The number of nitrogens with one attached hydrogen (secondary N) is 1. The quantitative estimate of drug-likeness (QED) is 0.734. The molecule has 0 bridgehead atoms. The van der Waals surface area contributed by atoms with Gasteiger partial charge in [0.15, 0.2) is 5.82 Å². The number of aromatic nitrogens is 3. The first-order valence-electron chi connectivity index (χ1n) is 7.33. The van der Waals surface area contributed by atoms with Gasteiger partial charge in [0.1, 0.15) is 5.82 Å². The standard InChI is InChI=1S/C17H16N4O3S/c1-3-25(22,23)20-15-12-21(14-7-5-4-6-8-14)17(19-15)13-9-10-16(24-2)18-11-13/h3-12,20H,1H2,2H3. The normalized spacial score (nSPS) is 11.1. The summed E-state index contributed by atoms with van der Waals surface area (Å²) in [5, 5.41) is 0.836. The Bertz CT molecular complexity index is 980. The highest BCUT2D eigenvalue weighted by molar-refractivity contribution is 7.95. The van der Waals surface area contributed by atoms with Gasteiger partial charge < -0.3 is 4.74 Å². The van der Waals surface area contributed by atoms with Crippen LogP contribution in [0.25, 0.3) is 17.1 Å². The number of hydrogen-bond acceptors (Lipinski definition) is 5. The molecular formula is C17H16N4O3S. The van der Waals surface area contributed by atoms with Crippen LogP contribution < -0.4 is 9.46 Å². The second-order valence-electron chi connectivity index (χ2n) is 5.06. The van der Waals surface area contributed by atoms with Gasteiger partial charge in [0.05, 0.1) is 13.3 Å². The molecule has 0 saturated carbocycles. The predicted octanol–water partition coefficient (Wildman–Crippen LogP) is 2.83. The number of nitrogens with zero attached hydrogens (tertiary/aromatic N) is 3. The minimum atomic E-state index is -3.65. The number of rotatable bonds is 6. The Balaban J connectivity index is 2.11. The number of pyridine rings is 1. The highest BCUT2D eigenvalue weighted by Gasteiger charge is 2.15. The van der Waals surface area contributed by atoms with Crippen molar-refractivity contribution in [1.29, 1.82) is 0 Å². The van der Waals surface area contributed by atoms with Crippen molar-refractivity contribution in [3.63, 3.8) is 0 Å². The monoisotopic (exact) mass is 356 g/mol. The molecule has 0 aliphatic rings. The minimum absolute atomic E-state index is 0.189. The predicted molar refractivity (Wildman–Crippen MR) is 96.1 cm³/mol. The van der Waals surface area contributed by atoms with E-state index in [2.05, 4.69) is 21.3 Å². The lowest BCUT2D eigenvalue weighted by Gasteiger charge is -2.07. The van der Waals surface area contributed by atoms with E-state index in [1.807, 2.05) is 30.3 Å². The van der Waals surface area contributed by atoms with Gasteiger partial charge in [-0.3, -0.25) is 9.29 Å².